The second-order valence-corrected chi connectivity index (χ2v) is 4.83. The smallest absolute Gasteiger partial charge is 0.123 e. The predicted octanol–water partition coefficient (Wildman–Crippen LogP) is 3.25. The van der Waals surface area contributed by atoms with Crippen LogP contribution in [0.1, 0.15) is 24.5 Å². The van der Waals surface area contributed by atoms with Crippen LogP contribution in [0.5, 0.6) is 0 Å². The van der Waals surface area contributed by atoms with Gasteiger partial charge in [-0.15, -0.1) is 0 Å². The highest BCUT2D eigenvalue weighted by Crippen LogP contribution is 2.14. The minimum Gasteiger partial charge on any atom is -0.383 e. The van der Waals surface area contributed by atoms with Gasteiger partial charge in [-0.25, -0.2) is 4.39 Å². The minimum absolute atomic E-state index is 0.162. The standard InChI is InChI=1S/C16H24FNO/c1-13(5-4-8-18-9-10-19-3)11-15-6-7-16(17)12-14(15)2/h5-7,12,18H,4,8-11H2,1-3H3/b13-5-. The van der Waals surface area contributed by atoms with Crippen molar-refractivity contribution in [3.63, 3.8) is 0 Å². The number of rotatable bonds is 8. The first-order chi connectivity index (χ1) is 9.13. The van der Waals surface area contributed by atoms with E-state index in [0.29, 0.717) is 0 Å². The zero-order valence-electron chi connectivity index (χ0n) is 12.1. The van der Waals surface area contributed by atoms with Gasteiger partial charge in [-0.1, -0.05) is 17.7 Å². The Bertz CT molecular complexity index is 415. The quantitative estimate of drug-likeness (QED) is 0.575. The molecule has 0 amide bonds. The van der Waals surface area contributed by atoms with Gasteiger partial charge in [0, 0.05) is 13.7 Å². The summed E-state index contributed by atoms with van der Waals surface area (Å²) in [6.45, 7) is 6.68. The van der Waals surface area contributed by atoms with Gasteiger partial charge in [-0.2, -0.15) is 0 Å². The highest BCUT2D eigenvalue weighted by Gasteiger charge is 2.00. The third-order valence-corrected chi connectivity index (χ3v) is 3.07. The van der Waals surface area contributed by atoms with E-state index in [1.807, 2.05) is 13.0 Å². The van der Waals surface area contributed by atoms with Crippen molar-refractivity contribution < 1.29 is 9.13 Å². The third-order valence-electron chi connectivity index (χ3n) is 3.07. The summed E-state index contributed by atoms with van der Waals surface area (Å²) in [5, 5.41) is 3.31. The average Bonchev–Trinajstić information content (AvgIpc) is 2.37. The maximum absolute atomic E-state index is 13.0. The van der Waals surface area contributed by atoms with Crippen LogP contribution >= 0.6 is 0 Å². The summed E-state index contributed by atoms with van der Waals surface area (Å²) in [6, 6.07) is 5.00. The van der Waals surface area contributed by atoms with Gasteiger partial charge in [0.15, 0.2) is 0 Å². The fourth-order valence-corrected chi connectivity index (χ4v) is 1.95. The van der Waals surface area contributed by atoms with Gasteiger partial charge in [0.1, 0.15) is 5.82 Å². The lowest BCUT2D eigenvalue weighted by atomic mass is 10.0. The molecular weight excluding hydrogens is 241 g/mol. The van der Waals surface area contributed by atoms with Gasteiger partial charge in [0.05, 0.1) is 6.61 Å². The number of benzene rings is 1. The molecule has 0 radical (unpaired) electrons. The lowest BCUT2D eigenvalue weighted by Gasteiger charge is -2.07. The van der Waals surface area contributed by atoms with E-state index in [9.17, 15) is 4.39 Å². The maximum Gasteiger partial charge on any atom is 0.123 e. The molecule has 19 heavy (non-hydrogen) atoms. The van der Waals surface area contributed by atoms with Crippen LogP contribution in [0.15, 0.2) is 29.8 Å². The SMILES string of the molecule is COCCNCC/C=C(/C)Cc1ccc(F)cc1C. The Hall–Kier alpha value is -1.19. The van der Waals surface area contributed by atoms with Crippen molar-refractivity contribution in [2.75, 3.05) is 26.8 Å². The predicted molar refractivity (Wildman–Crippen MR) is 78.0 cm³/mol. The molecule has 1 aromatic carbocycles. The molecule has 0 aliphatic rings. The molecule has 1 aromatic rings. The molecule has 0 aliphatic carbocycles. The Morgan fingerprint density at radius 3 is 2.84 bits per heavy atom. The van der Waals surface area contributed by atoms with Gasteiger partial charge in [0.25, 0.3) is 0 Å². The van der Waals surface area contributed by atoms with Crippen LogP contribution in [-0.4, -0.2) is 26.8 Å². The number of aryl methyl sites for hydroxylation is 1. The summed E-state index contributed by atoms with van der Waals surface area (Å²) in [5.41, 5.74) is 3.54. The summed E-state index contributed by atoms with van der Waals surface area (Å²) >= 11 is 0. The van der Waals surface area contributed by atoms with Crippen molar-refractivity contribution in [1.29, 1.82) is 0 Å². The monoisotopic (exact) mass is 265 g/mol. The maximum atomic E-state index is 13.0. The first-order valence-corrected chi connectivity index (χ1v) is 6.74. The van der Waals surface area contributed by atoms with Crippen LogP contribution in [-0.2, 0) is 11.2 Å². The van der Waals surface area contributed by atoms with E-state index >= 15 is 0 Å². The van der Waals surface area contributed by atoms with Gasteiger partial charge < -0.3 is 10.1 Å². The molecule has 2 nitrogen and oxygen atoms in total. The highest BCUT2D eigenvalue weighted by atomic mass is 19.1. The molecule has 0 fully saturated rings. The van der Waals surface area contributed by atoms with E-state index in [1.165, 1.54) is 17.2 Å². The number of hydrogen-bond acceptors (Lipinski definition) is 2. The number of ether oxygens (including phenoxy) is 1. The van der Waals surface area contributed by atoms with Crippen molar-refractivity contribution >= 4 is 0 Å². The van der Waals surface area contributed by atoms with Crippen LogP contribution in [0.2, 0.25) is 0 Å². The Morgan fingerprint density at radius 2 is 2.16 bits per heavy atom. The highest BCUT2D eigenvalue weighted by molar-refractivity contribution is 5.30. The van der Waals surface area contributed by atoms with E-state index < -0.39 is 0 Å². The van der Waals surface area contributed by atoms with E-state index in [2.05, 4.69) is 18.3 Å². The fourth-order valence-electron chi connectivity index (χ4n) is 1.95. The zero-order chi connectivity index (χ0) is 14.1. The lowest BCUT2D eigenvalue weighted by molar-refractivity contribution is 0.199. The largest absolute Gasteiger partial charge is 0.383 e. The third kappa shape index (κ3) is 6.50. The Labute approximate surface area is 115 Å². The summed E-state index contributed by atoms with van der Waals surface area (Å²) < 4.78 is 18.0. The summed E-state index contributed by atoms with van der Waals surface area (Å²) in [6.07, 6.45) is 4.14. The van der Waals surface area contributed by atoms with Crippen LogP contribution in [0, 0.1) is 12.7 Å². The van der Waals surface area contributed by atoms with Crippen LogP contribution in [0.25, 0.3) is 0 Å². The Kier molecular flexibility index (Phi) is 7.38. The molecule has 106 valence electrons. The molecule has 0 bridgehead atoms. The first kappa shape index (κ1) is 15.9. The Morgan fingerprint density at radius 1 is 1.37 bits per heavy atom. The summed E-state index contributed by atoms with van der Waals surface area (Å²) in [5.74, 6) is -0.162. The van der Waals surface area contributed by atoms with Crippen molar-refractivity contribution in [2.45, 2.75) is 26.7 Å². The van der Waals surface area contributed by atoms with Gasteiger partial charge in [0.2, 0.25) is 0 Å². The van der Waals surface area contributed by atoms with Gasteiger partial charge in [-0.3, -0.25) is 0 Å². The van der Waals surface area contributed by atoms with E-state index in [1.54, 1.807) is 13.2 Å². The van der Waals surface area contributed by atoms with Crippen LogP contribution < -0.4 is 5.32 Å². The van der Waals surface area contributed by atoms with Crippen molar-refractivity contribution in [1.82, 2.24) is 5.32 Å². The van der Waals surface area contributed by atoms with Crippen molar-refractivity contribution in [2.24, 2.45) is 0 Å². The average molecular weight is 265 g/mol. The van der Waals surface area contributed by atoms with E-state index in [0.717, 1.165) is 38.1 Å². The second-order valence-electron chi connectivity index (χ2n) is 4.83. The minimum atomic E-state index is -0.162. The molecule has 0 aliphatic heterocycles. The normalized spacial score (nSPS) is 11.9. The van der Waals surface area contributed by atoms with Gasteiger partial charge >= 0.3 is 0 Å². The second kappa shape index (κ2) is 8.83. The van der Waals surface area contributed by atoms with Gasteiger partial charge in [-0.05, 0) is 56.5 Å². The molecule has 3 heteroatoms. The number of nitrogens with one attached hydrogen (secondary N) is 1. The zero-order valence-corrected chi connectivity index (χ0v) is 12.1. The van der Waals surface area contributed by atoms with Crippen molar-refractivity contribution in [3.05, 3.63) is 46.8 Å². The van der Waals surface area contributed by atoms with Crippen LogP contribution in [0.4, 0.5) is 4.39 Å². The number of allylic oxidation sites excluding steroid dienone is 1. The lowest BCUT2D eigenvalue weighted by Crippen LogP contribution is -2.19. The Balaban J connectivity index is 2.35. The molecule has 0 aromatic heterocycles. The number of halogens is 1. The molecule has 1 N–H and O–H groups in total. The van der Waals surface area contributed by atoms with Crippen LogP contribution in [0.3, 0.4) is 0 Å². The molecule has 0 heterocycles. The fraction of sp³-hybridized carbons (Fsp3) is 0.500. The number of hydrogen-bond donors (Lipinski definition) is 1. The van der Waals surface area contributed by atoms with E-state index in [4.69, 9.17) is 4.74 Å². The first-order valence-electron chi connectivity index (χ1n) is 6.74. The molecule has 0 unspecified atom stereocenters. The summed E-state index contributed by atoms with van der Waals surface area (Å²) in [4.78, 5) is 0. The number of methoxy groups -OCH3 is 1. The molecule has 0 saturated heterocycles. The topological polar surface area (TPSA) is 21.3 Å². The molecule has 0 spiro atoms. The molecule has 1 rings (SSSR count). The summed E-state index contributed by atoms with van der Waals surface area (Å²) in [7, 11) is 1.71. The van der Waals surface area contributed by atoms with Crippen molar-refractivity contribution in [3.8, 4) is 0 Å². The molecular formula is C16H24FNO. The molecule has 0 saturated carbocycles. The molecule has 0 atom stereocenters. The van der Waals surface area contributed by atoms with E-state index in [-0.39, 0.29) is 5.82 Å².